The summed E-state index contributed by atoms with van der Waals surface area (Å²) in [6.07, 6.45) is -1.64. The highest BCUT2D eigenvalue weighted by Crippen LogP contribution is 2.26. The minimum atomic E-state index is -1.73. The monoisotopic (exact) mass is 287 g/mol. The Balaban J connectivity index is 1.96. The van der Waals surface area contributed by atoms with E-state index in [1.807, 2.05) is 0 Å². The maximum Gasteiger partial charge on any atom is 0.261 e. The maximum atomic E-state index is 12.4. The van der Waals surface area contributed by atoms with Gasteiger partial charge >= 0.3 is 0 Å². The van der Waals surface area contributed by atoms with Gasteiger partial charge in [-0.1, -0.05) is 18.2 Å². The van der Waals surface area contributed by atoms with Crippen molar-refractivity contribution < 1.29 is 24.3 Å². The molecule has 2 atom stereocenters. The van der Waals surface area contributed by atoms with Crippen LogP contribution in [0.5, 0.6) is 0 Å². The molecule has 2 unspecified atom stereocenters. The minimum Gasteiger partial charge on any atom is -0.377 e. The largest absolute Gasteiger partial charge is 0.377 e. The van der Waals surface area contributed by atoms with Crippen LogP contribution in [0, 0.1) is 0 Å². The van der Waals surface area contributed by atoms with Gasteiger partial charge in [-0.2, -0.15) is 0 Å². The Bertz CT molecular complexity index is 666. The Hall–Kier alpha value is -2.34. The Morgan fingerprint density at radius 2 is 1.81 bits per heavy atom. The first-order valence-electron chi connectivity index (χ1n) is 6.69. The third kappa shape index (κ3) is 2.08. The summed E-state index contributed by atoms with van der Waals surface area (Å²) in [7, 11) is 0. The number of ketones is 2. The van der Waals surface area contributed by atoms with Gasteiger partial charge in [0.2, 0.25) is 5.91 Å². The Morgan fingerprint density at radius 3 is 2.57 bits per heavy atom. The molecule has 6 nitrogen and oxygen atoms in total. The fourth-order valence-electron chi connectivity index (χ4n) is 2.84. The van der Waals surface area contributed by atoms with E-state index in [9.17, 15) is 24.3 Å². The number of amides is 2. The van der Waals surface area contributed by atoms with Crippen LogP contribution in [0.25, 0.3) is 0 Å². The topological polar surface area (TPSA) is 91.8 Å². The average molecular weight is 287 g/mol. The van der Waals surface area contributed by atoms with Crippen LogP contribution < -0.4 is 0 Å². The van der Waals surface area contributed by atoms with Crippen LogP contribution in [0.2, 0.25) is 0 Å². The Morgan fingerprint density at radius 1 is 1.10 bits per heavy atom. The van der Waals surface area contributed by atoms with Gasteiger partial charge in [0.25, 0.3) is 5.91 Å². The normalized spacial score (nSPS) is 26.0. The molecular weight excluding hydrogens is 274 g/mol. The van der Waals surface area contributed by atoms with E-state index in [4.69, 9.17) is 0 Å². The lowest BCUT2D eigenvalue weighted by molar-refractivity contribution is -0.149. The standard InChI is InChI=1S/C15H13NO5/c17-11-6-5-10(13(19)14(11)20)16-12(18)7-8-3-1-2-4-9(8)15(16)21/h1-4,10,14,20H,5-7H2. The molecule has 2 aliphatic rings. The van der Waals surface area contributed by atoms with Crippen LogP contribution in [-0.4, -0.2) is 45.5 Å². The number of fused-ring (bicyclic) bond motifs is 1. The number of hydrogen-bond donors (Lipinski definition) is 1. The first-order valence-corrected chi connectivity index (χ1v) is 6.69. The van der Waals surface area contributed by atoms with Gasteiger partial charge in [0.05, 0.1) is 6.42 Å². The number of carbonyl (C=O) groups is 4. The Labute approximate surface area is 120 Å². The van der Waals surface area contributed by atoms with Crippen LogP contribution in [0.4, 0.5) is 0 Å². The molecule has 6 heteroatoms. The van der Waals surface area contributed by atoms with Crippen molar-refractivity contribution in [3.8, 4) is 0 Å². The summed E-state index contributed by atoms with van der Waals surface area (Å²) in [5.74, 6) is -2.35. The highest BCUT2D eigenvalue weighted by atomic mass is 16.3. The summed E-state index contributed by atoms with van der Waals surface area (Å²) in [6.45, 7) is 0. The van der Waals surface area contributed by atoms with Crippen LogP contribution >= 0.6 is 0 Å². The number of rotatable bonds is 1. The zero-order chi connectivity index (χ0) is 15.1. The Kier molecular flexibility index (Phi) is 3.17. The smallest absolute Gasteiger partial charge is 0.261 e. The van der Waals surface area contributed by atoms with Gasteiger partial charge in [0.15, 0.2) is 17.7 Å². The molecule has 1 heterocycles. The zero-order valence-corrected chi connectivity index (χ0v) is 11.1. The van der Waals surface area contributed by atoms with Gasteiger partial charge in [-0.05, 0) is 18.1 Å². The lowest BCUT2D eigenvalue weighted by Crippen LogP contribution is -2.57. The van der Waals surface area contributed by atoms with Crippen molar-refractivity contribution in [2.24, 2.45) is 0 Å². The predicted molar refractivity (Wildman–Crippen MR) is 70.4 cm³/mol. The summed E-state index contributed by atoms with van der Waals surface area (Å²) >= 11 is 0. The second-order valence-electron chi connectivity index (χ2n) is 5.23. The van der Waals surface area contributed by atoms with Gasteiger partial charge < -0.3 is 5.11 Å². The summed E-state index contributed by atoms with van der Waals surface area (Å²) in [4.78, 5) is 48.9. The molecule has 0 bridgehead atoms. The molecule has 0 spiro atoms. The highest BCUT2D eigenvalue weighted by molar-refractivity contribution is 6.16. The van der Waals surface area contributed by atoms with Crippen molar-refractivity contribution in [2.75, 3.05) is 0 Å². The lowest BCUT2D eigenvalue weighted by Gasteiger charge is -2.35. The molecule has 1 fully saturated rings. The van der Waals surface area contributed by atoms with E-state index in [1.165, 1.54) is 0 Å². The summed E-state index contributed by atoms with van der Waals surface area (Å²) < 4.78 is 0. The number of nitrogens with zero attached hydrogens (tertiary/aromatic N) is 1. The summed E-state index contributed by atoms with van der Waals surface area (Å²) in [5.41, 5.74) is 1.01. The number of hydrogen-bond acceptors (Lipinski definition) is 5. The number of carbonyl (C=O) groups excluding carboxylic acids is 4. The third-order valence-electron chi connectivity index (χ3n) is 3.96. The van der Waals surface area contributed by atoms with Gasteiger partial charge in [-0.3, -0.25) is 24.1 Å². The van der Waals surface area contributed by atoms with Crippen molar-refractivity contribution in [1.82, 2.24) is 4.90 Å². The second-order valence-corrected chi connectivity index (χ2v) is 5.23. The van der Waals surface area contributed by atoms with E-state index < -0.39 is 35.5 Å². The minimum absolute atomic E-state index is 0.0176. The summed E-state index contributed by atoms with van der Waals surface area (Å²) in [5, 5.41) is 9.57. The van der Waals surface area contributed by atoms with Crippen LogP contribution in [-0.2, 0) is 20.8 Å². The van der Waals surface area contributed by atoms with Crippen LogP contribution in [0.1, 0.15) is 28.8 Å². The van der Waals surface area contributed by atoms with Gasteiger partial charge in [0, 0.05) is 12.0 Å². The number of benzene rings is 1. The van der Waals surface area contributed by atoms with Crippen molar-refractivity contribution in [3.63, 3.8) is 0 Å². The highest BCUT2D eigenvalue weighted by Gasteiger charge is 2.44. The van der Waals surface area contributed by atoms with Crippen LogP contribution in [0.3, 0.4) is 0 Å². The van der Waals surface area contributed by atoms with Crippen molar-refractivity contribution in [3.05, 3.63) is 35.4 Å². The van der Waals surface area contributed by atoms with Gasteiger partial charge in [-0.25, -0.2) is 0 Å². The maximum absolute atomic E-state index is 12.4. The van der Waals surface area contributed by atoms with E-state index in [1.54, 1.807) is 24.3 Å². The first kappa shape index (κ1) is 13.6. The van der Waals surface area contributed by atoms with Gasteiger partial charge in [-0.15, -0.1) is 0 Å². The SMILES string of the molecule is O=C1CCC(N2C(=O)Cc3ccccc3C2=O)C(=O)C1O. The molecule has 21 heavy (non-hydrogen) atoms. The molecule has 0 radical (unpaired) electrons. The first-order chi connectivity index (χ1) is 10.0. The fourth-order valence-corrected chi connectivity index (χ4v) is 2.84. The van der Waals surface area contributed by atoms with E-state index >= 15 is 0 Å². The molecule has 1 saturated carbocycles. The molecule has 0 saturated heterocycles. The van der Waals surface area contributed by atoms with Crippen molar-refractivity contribution >= 4 is 23.4 Å². The van der Waals surface area contributed by atoms with E-state index in [0.717, 1.165) is 4.90 Å². The molecule has 108 valence electrons. The number of Topliss-reactive ketones (excluding diaryl/α,β-unsaturated/α-hetero) is 2. The van der Waals surface area contributed by atoms with E-state index in [0.29, 0.717) is 11.1 Å². The van der Waals surface area contributed by atoms with Gasteiger partial charge in [0.1, 0.15) is 6.04 Å². The molecule has 2 amide bonds. The predicted octanol–water partition coefficient (Wildman–Crippen LogP) is -0.127. The van der Waals surface area contributed by atoms with E-state index in [-0.39, 0.29) is 19.3 Å². The fraction of sp³-hybridized carbons (Fsp3) is 0.333. The van der Waals surface area contributed by atoms with Crippen molar-refractivity contribution in [2.45, 2.75) is 31.4 Å². The lowest BCUT2D eigenvalue weighted by atomic mass is 9.87. The quantitative estimate of drug-likeness (QED) is 0.574. The zero-order valence-electron chi connectivity index (χ0n) is 11.1. The number of aliphatic hydroxyl groups is 1. The van der Waals surface area contributed by atoms with Crippen LogP contribution in [0.15, 0.2) is 24.3 Å². The number of aliphatic hydroxyl groups excluding tert-OH is 1. The molecule has 1 N–H and O–H groups in total. The average Bonchev–Trinajstić information content (AvgIpc) is 2.47. The molecule has 1 aliphatic carbocycles. The molecular formula is C15H13NO5. The molecule has 1 aliphatic heterocycles. The molecule has 3 rings (SSSR count). The second kappa shape index (κ2) is 4.89. The molecule has 1 aromatic carbocycles. The van der Waals surface area contributed by atoms with E-state index in [2.05, 4.69) is 0 Å². The van der Waals surface area contributed by atoms with Crippen molar-refractivity contribution in [1.29, 1.82) is 0 Å². The number of imide groups is 1. The summed E-state index contributed by atoms with van der Waals surface area (Å²) in [6, 6.07) is 5.68. The third-order valence-corrected chi connectivity index (χ3v) is 3.96. The molecule has 0 aromatic heterocycles. The molecule has 1 aromatic rings.